The zero-order valence-electron chi connectivity index (χ0n) is 12.9. The van der Waals surface area contributed by atoms with E-state index in [0.717, 1.165) is 54.2 Å². The number of likely N-dealkylation sites (tertiary alicyclic amines) is 1. The van der Waals surface area contributed by atoms with Crippen LogP contribution in [0, 0.1) is 11.8 Å². The number of amides is 1. The molecule has 21 heavy (non-hydrogen) atoms. The molecule has 1 unspecified atom stereocenters. The molecule has 0 spiro atoms. The predicted octanol–water partition coefficient (Wildman–Crippen LogP) is 4.07. The van der Waals surface area contributed by atoms with Crippen molar-refractivity contribution in [2.24, 2.45) is 11.8 Å². The van der Waals surface area contributed by atoms with Crippen molar-refractivity contribution in [3.05, 3.63) is 36.0 Å². The summed E-state index contributed by atoms with van der Waals surface area (Å²) in [5.41, 5.74) is 1.84. The van der Waals surface area contributed by atoms with Gasteiger partial charge in [0.25, 0.3) is 5.91 Å². The van der Waals surface area contributed by atoms with Crippen molar-refractivity contribution in [1.29, 1.82) is 0 Å². The molecule has 1 aromatic heterocycles. The van der Waals surface area contributed by atoms with Gasteiger partial charge >= 0.3 is 0 Å². The van der Waals surface area contributed by atoms with Crippen LogP contribution in [0.25, 0.3) is 10.9 Å². The Morgan fingerprint density at radius 2 is 2.10 bits per heavy atom. The van der Waals surface area contributed by atoms with Gasteiger partial charge in [0.2, 0.25) is 0 Å². The fraction of sp³-hybridized carbons (Fsp3) is 0.500. The quantitative estimate of drug-likeness (QED) is 0.886. The number of hydrogen-bond donors (Lipinski definition) is 1. The predicted molar refractivity (Wildman–Crippen MR) is 86.4 cm³/mol. The van der Waals surface area contributed by atoms with E-state index in [4.69, 9.17) is 0 Å². The van der Waals surface area contributed by atoms with E-state index in [1.165, 1.54) is 6.42 Å². The van der Waals surface area contributed by atoms with E-state index in [2.05, 4.69) is 18.8 Å². The van der Waals surface area contributed by atoms with E-state index in [1.54, 1.807) is 0 Å². The molecule has 0 aliphatic carbocycles. The van der Waals surface area contributed by atoms with Gasteiger partial charge in [0.15, 0.2) is 0 Å². The number of nitrogens with one attached hydrogen (secondary N) is 1. The Bertz CT molecular complexity index is 629. The second kappa shape index (κ2) is 5.92. The molecule has 0 radical (unpaired) electrons. The first kappa shape index (κ1) is 14.2. The molecule has 1 saturated heterocycles. The number of H-pyrrole nitrogens is 1. The van der Waals surface area contributed by atoms with E-state index >= 15 is 0 Å². The Balaban J connectivity index is 1.75. The molecule has 3 heteroatoms. The summed E-state index contributed by atoms with van der Waals surface area (Å²) in [6.45, 7) is 6.37. The number of rotatable bonds is 2. The van der Waals surface area contributed by atoms with Crippen LogP contribution in [0.15, 0.2) is 30.5 Å². The van der Waals surface area contributed by atoms with Crippen molar-refractivity contribution in [2.45, 2.75) is 33.1 Å². The first-order chi connectivity index (χ1) is 10.1. The Labute approximate surface area is 126 Å². The van der Waals surface area contributed by atoms with Gasteiger partial charge in [-0.3, -0.25) is 4.79 Å². The van der Waals surface area contributed by atoms with Gasteiger partial charge in [-0.2, -0.15) is 0 Å². The summed E-state index contributed by atoms with van der Waals surface area (Å²) >= 11 is 0. The van der Waals surface area contributed by atoms with Crippen LogP contribution >= 0.6 is 0 Å². The van der Waals surface area contributed by atoms with Crippen LogP contribution in [0.3, 0.4) is 0 Å². The molecule has 1 aromatic carbocycles. The molecule has 112 valence electrons. The maximum absolute atomic E-state index is 12.7. The van der Waals surface area contributed by atoms with Crippen LogP contribution in [0.5, 0.6) is 0 Å². The lowest BCUT2D eigenvalue weighted by atomic mass is 9.89. The number of nitrogens with zero attached hydrogens (tertiary/aromatic N) is 1. The monoisotopic (exact) mass is 284 g/mol. The average molecular weight is 284 g/mol. The number of fused-ring (bicyclic) bond motifs is 1. The minimum absolute atomic E-state index is 0.177. The number of carbonyl (C=O) groups excluding carboxylic acids is 1. The number of benzene rings is 1. The van der Waals surface area contributed by atoms with Gasteiger partial charge in [-0.1, -0.05) is 19.9 Å². The molecule has 1 aliphatic rings. The topological polar surface area (TPSA) is 36.1 Å². The van der Waals surface area contributed by atoms with Gasteiger partial charge < -0.3 is 9.88 Å². The average Bonchev–Trinajstić information content (AvgIpc) is 2.80. The molecule has 2 heterocycles. The van der Waals surface area contributed by atoms with Crippen LogP contribution in [0.1, 0.15) is 43.5 Å². The minimum atomic E-state index is 0.177. The highest BCUT2D eigenvalue weighted by molar-refractivity contribution is 5.97. The molecule has 1 aliphatic heterocycles. The lowest BCUT2D eigenvalue weighted by molar-refractivity contribution is 0.0759. The van der Waals surface area contributed by atoms with Crippen molar-refractivity contribution in [3.63, 3.8) is 0 Å². The Morgan fingerprint density at radius 1 is 1.24 bits per heavy atom. The van der Waals surface area contributed by atoms with Gasteiger partial charge in [0, 0.05) is 30.4 Å². The third kappa shape index (κ3) is 2.97. The summed E-state index contributed by atoms with van der Waals surface area (Å²) in [5.74, 6) is 1.65. The summed E-state index contributed by atoms with van der Waals surface area (Å²) in [4.78, 5) is 17.9. The lowest BCUT2D eigenvalue weighted by Gasteiger charge is -2.21. The fourth-order valence-corrected chi connectivity index (χ4v) is 3.36. The molecule has 1 N–H and O–H groups in total. The van der Waals surface area contributed by atoms with E-state index in [1.807, 2.05) is 35.4 Å². The second-order valence-electron chi connectivity index (χ2n) is 6.51. The van der Waals surface area contributed by atoms with Crippen molar-refractivity contribution in [3.8, 4) is 0 Å². The summed E-state index contributed by atoms with van der Waals surface area (Å²) in [7, 11) is 0. The molecule has 1 amide bonds. The van der Waals surface area contributed by atoms with Crippen molar-refractivity contribution < 1.29 is 4.79 Å². The van der Waals surface area contributed by atoms with Gasteiger partial charge in [-0.15, -0.1) is 0 Å². The maximum atomic E-state index is 12.7. The standard InChI is InChI=1S/C18H24N2O/c1-13(2)14-4-3-10-20(11-8-14)18(21)16-6-5-15-7-9-19-17(15)12-16/h5-7,9,12-14,19H,3-4,8,10-11H2,1-2H3. The highest BCUT2D eigenvalue weighted by Gasteiger charge is 2.23. The third-order valence-electron chi connectivity index (χ3n) is 4.80. The number of aromatic amines is 1. The van der Waals surface area contributed by atoms with Gasteiger partial charge in [0.05, 0.1) is 0 Å². The summed E-state index contributed by atoms with van der Waals surface area (Å²) in [6, 6.07) is 7.97. The molecule has 1 atom stereocenters. The first-order valence-corrected chi connectivity index (χ1v) is 8.01. The summed E-state index contributed by atoms with van der Waals surface area (Å²) in [5, 5.41) is 1.15. The van der Waals surface area contributed by atoms with Crippen molar-refractivity contribution in [1.82, 2.24) is 9.88 Å². The number of aromatic nitrogens is 1. The first-order valence-electron chi connectivity index (χ1n) is 8.01. The Kier molecular flexibility index (Phi) is 4.00. The van der Waals surface area contributed by atoms with E-state index in [-0.39, 0.29) is 5.91 Å². The molecule has 0 bridgehead atoms. The van der Waals surface area contributed by atoms with Crippen LogP contribution in [-0.4, -0.2) is 28.9 Å². The van der Waals surface area contributed by atoms with E-state index < -0.39 is 0 Å². The normalized spacial score (nSPS) is 20.0. The zero-order chi connectivity index (χ0) is 14.8. The molecular weight excluding hydrogens is 260 g/mol. The Hall–Kier alpha value is -1.77. The summed E-state index contributed by atoms with van der Waals surface area (Å²) < 4.78 is 0. The zero-order valence-corrected chi connectivity index (χ0v) is 12.9. The van der Waals surface area contributed by atoms with Gasteiger partial charge in [-0.05, 0) is 54.7 Å². The smallest absolute Gasteiger partial charge is 0.253 e. The number of hydrogen-bond acceptors (Lipinski definition) is 1. The lowest BCUT2D eigenvalue weighted by Crippen LogP contribution is -2.32. The van der Waals surface area contributed by atoms with E-state index in [0.29, 0.717) is 0 Å². The highest BCUT2D eigenvalue weighted by Crippen LogP contribution is 2.25. The van der Waals surface area contributed by atoms with Crippen LogP contribution in [0.2, 0.25) is 0 Å². The summed E-state index contributed by atoms with van der Waals surface area (Å²) in [6.07, 6.45) is 5.42. The van der Waals surface area contributed by atoms with Crippen molar-refractivity contribution >= 4 is 16.8 Å². The molecule has 0 saturated carbocycles. The molecule has 2 aromatic rings. The van der Waals surface area contributed by atoms with E-state index in [9.17, 15) is 4.79 Å². The third-order valence-corrected chi connectivity index (χ3v) is 4.80. The molecule has 1 fully saturated rings. The van der Waals surface area contributed by atoms with Crippen molar-refractivity contribution in [2.75, 3.05) is 13.1 Å². The molecule has 3 rings (SSSR count). The van der Waals surface area contributed by atoms with Crippen LogP contribution in [0.4, 0.5) is 0 Å². The Morgan fingerprint density at radius 3 is 2.90 bits per heavy atom. The van der Waals surface area contributed by atoms with Crippen LogP contribution < -0.4 is 0 Å². The highest BCUT2D eigenvalue weighted by atomic mass is 16.2. The second-order valence-corrected chi connectivity index (χ2v) is 6.51. The van der Waals surface area contributed by atoms with Gasteiger partial charge in [0.1, 0.15) is 0 Å². The molecule has 3 nitrogen and oxygen atoms in total. The SMILES string of the molecule is CC(C)C1CCCN(C(=O)c2ccc3cc[nH]c3c2)CC1. The largest absolute Gasteiger partial charge is 0.361 e. The molecular formula is C18H24N2O. The fourth-order valence-electron chi connectivity index (χ4n) is 3.36. The van der Waals surface area contributed by atoms with Crippen LogP contribution in [-0.2, 0) is 0 Å². The minimum Gasteiger partial charge on any atom is -0.361 e. The van der Waals surface area contributed by atoms with Gasteiger partial charge in [-0.25, -0.2) is 0 Å². The maximum Gasteiger partial charge on any atom is 0.253 e. The number of carbonyl (C=O) groups is 1.